The minimum atomic E-state index is 0.0433. The number of anilines is 1. The maximum atomic E-state index is 11.7. The first-order valence-electron chi connectivity index (χ1n) is 6.54. The van der Waals surface area contributed by atoms with E-state index in [2.05, 4.69) is 20.6 Å². The Kier molecular flexibility index (Phi) is 4.67. The first-order chi connectivity index (χ1) is 9.29. The summed E-state index contributed by atoms with van der Waals surface area (Å²) >= 11 is 0. The van der Waals surface area contributed by atoms with E-state index in [4.69, 9.17) is 5.26 Å². The van der Waals surface area contributed by atoms with Crippen LogP contribution in [0, 0.1) is 11.3 Å². The van der Waals surface area contributed by atoms with Crippen molar-refractivity contribution in [3.63, 3.8) is 0 Å². The Hall–Kier alpha value is -2.16. The molecule has 2 N–H and O–H groups in total. The third kappa shape index (κ3) is 3.91. The van der Waals surface area contributed by atoms with Gasteiger partial charge >= 0.3 is 0 Å². The molecule has 1 fully saturated rings. The third-order valence-corrected chi connectivity index (χ3v) is 3.17. The average molecular weight is 259 g/mol. The van der Waals surface area contributed by atoms with Gasteiger partial charge in [0.2, 0.25) is 5.91 Å². The van der Waals surface area contributed by atoms with Crippen LogP contribution in [0.2, 0.25) is 0 Å². The van der Waals surface area contributed by atoms with Gasteiger partial charge in [0.15, 0.2) is 11.5 Å². The van der Waals surface area contributed by atoms with Crippen molar-refractivity contribution in [1.82, 2.24) is 15.3 Å². The molecule has 0 bridgehead atoms. The summed E-state index contributed by atoms with van der Waals surface area (Å²) in [5.74, 6) is 0.473. The van der Waals surface area contributed by atoms with Crippen LogP contribution in [0.5, 0.6) is 0 Å². The maximum Gasteiger partial charge on any atom is 0.221 e. The van der Waals surface area contributed by atoms with Crippen molar-refractivity contribution in [3.8, 4) is 6.07 Å². The Morgan fingerprint density at radius 3 is 2.84 bits per heavy atom. The van der Waals surface area contributed by atoms with Gasteiger partial charge in [-0.15, -0.1) is 0 Å². The standard InChI is InChI=1S/C13H17N5O/c14-9-11-13(17-8-7-15-11)16-6-5-12(19)18-10-3-1-2-4-10/h7-8,10H,1-6H2,(H,16,17)(H,18,19). The number of nitrogens with one attached hydrogen (secondary N) is 2. The molecule has 1 aliphatic carbocycles. The van der Waals surface area contributed by atoms with Crippen molar-refractivity contribution >= 4 is 11.7 Å². The maximum absolute atomic E-state index is 11.7. The Morgan fingerprint density at radius 1 is 1.37 bits per heavy atom. The summed E-state index contributed by atoms with van der Waals surface area (Å²) in [6.07, 6.45) is 7.93. The van der Waals surface area contributed by atoms with Gasteiger partial charge in [0.1, 0.15) is 6.07 Å². The van der Waals surface area contributed by atoms with Gasteiger partial charge in [-0.25, -0.2) is 9.97 Å². The largest absolute Gasteiger partial charge is 0.367 e. The van der Waals surface area contributed by atoms with Gasteiger partial charge in [-0.05, 0) is 12.8 Å². The smallest absolute Gasteiger partial charge is 0.221 e. The molecule has 1 aromatic heterocycles. The van der Waals surface area contributed by atoms with Crippen LogP contribution in [0.25, 0.3) is 0 Å². The third-order valence-electron chi connectivity index (χ3n) is 3.17. The summed E-state index contributed by atoms with van der Waals surface area (Å²) in [4.78, 5) is 19.6. The van der Waals surface area contributed by atoms with E-state index in [9.17, 15) is 4.79 Å². The molecular formula is C13H17N5O. The number of nitriles is 1. The highest BCUT2D eigenvalue weighted by Crippen LogP contribution is 2.17. The summed E-state index contributed by atoms with van der Waals surface area (Å²) in [5, 5.41) is 14.8. The van der Waals surface area contributed by atoms with E-state index in [0.717, 1.165) is 12.8 Å². The fourth-order valence-electron chi connectivity index (χ4n) is 2.21. The summed E-state index contributed by atoms with van der Waals surface area (Å²) in [7, 11) is 0. The lowest BCUT2D eigenvalue weighted by molar-refractivity contribution is -0.121. The summed E-state index contributed by atoms with van der Waals surface area (Å²) in [6.45, 7) is 0.450. The lowest BCUT2D eigenvalue weighted by Gasteiger charge is -2.12. The molecule has 1 aromatic rings. The molecule has 0 saturated heterocycles. The molecule has 2 rings (SSSR count). The number of rotatable bonds is 5. The topological polar surface area (TPSA) is 90.7 Å². The molecule has 0 aromatic carbocycles. The Bertz CT molecular complexity index is 476. The zero-order chi connectivity index (χ0) is 13.5. The fourth-order valence-corrected chi connectivity index (χ4v) is 2.21. The number of hydrogen-bond donors (Lipinski definition) is 2. The van der Waals surface area contributed by atoms with Crippen LogP contribution in [0.15, 0.2) is 12.4 Å². The number of carbonyl (C=O) groups excluding carboxylic acids is 1. The molecule has 1 saturated carbocycles. The Morgan fingerprint density at radius 2 is 2.11 bits per heavy atom. The van der Waals surface area contributed by atoms with Crippen molar-refractivity contribution in [2.45, 2.75) is 38.1 Å². The minimum absolute atomic E-state index is 0.0433. The number of nitrogens with zero attached hydrogens (tertiary/aromatic N) is 3. The van der Waals surface area contributed by atoms with Gasteiger partial charge in [0, 0.05) is 31.4 Å². The van der Waals surface area contributed by atoms with Gasteiger partial charge in [-0.3, -0.25) is 4.79 Å². The molecule has 6 nitrogen and oxygen atoms in total. The molecule has 0 radical (unpaired) electrons. The van der Waals surface area contributed by atoms with Crippen molar-refractivity contribution in [3.05, 3.63) is 18.1 Å². The van der Waals surface area contributed by atoms with E-state index in [1.165, 1.54) is 25.2 Å². The molecule has 100 valence electrons. The van der Waals surface area contributed by atoms with Gasteiger partial charge in [-0.2, -0.15) is 5.26 Å². The lowest BCUT2D eigenvalue weighted by atomic mass is 10.2. The molecule has 0 spiro atoms. The van der Waals surface area contributed by atoms with E-state index in [1.807, 2.05) is 6.07 Å². The zero-order valence-corrected chi connectivity index (χ0v) is 10.7. The summed E-state index contributed by atoms with van der Waals surface area (Å²) in [5.41, 5.74) is 0.249. The molecular weight excluding hydrogens is 242 g/mol. The Balaban J connectivity index is 1.74. The van der Waals surface area contributed by atoms with E-state index in [-0.39, 0.29) is 11.6 Å². The predicted molar refractivity (Wildman–Crippen MR) is 70.3 cm³/mol. The van der Waals surface area contributed by atoms with Crippen LogP contribution in [0.4, 0.5) is 5.82 Å². The monoisotopic (exact) mass is 259 g/mol. The van der Waals surface area contributed by atoms with E-state index in [0.29, 0.717) is 24.8 Å². The normalized spacial score (nSPS) is 14.9. The van der Waals surface area contributed by atoms with E-state index in [1.54, 1.807) is 0 Å². The summed E-state index contributed by atoms with van der Waals surface area (Å²) in [6, 6.07) is 2.30. The van der Waals surface area contributed by atoms with Crippen molar-refractivity contribution in [1.29, 1.82) is 5.26 Å². The summed E-state index contributed by atoms with van der Waals surface area (Å²) < 4.78 is 0. The number of hydrogen-bond acceptors (Lipinski definition) is 5. The van der Waals surface area contributed by atoms with Crippen LogP contribution in [-0.2, 0) is 4.79 Å². The van der Waals surface area contributed by atoms with Crippen LogP contribution < -0.4 is 10.6 Å². The second kappa shape index (κ2) is 6.69. The van der Waals surface area contributed by atoms with Crippen LogP contribution in [-0.4, -0.2) is 28.5 Å². The highest BCUT2D eigenvalue weighted by molar-refractivity contribution is 5.76. The SMILES string of the molecule is N#Cc1nccnc1NCCC(=O)NC1CCCC1. The first kappa shape index (κ1) is 13.3. The van der Waals surface area contributed by atoms with Crippen molar-refractivity contribution in [2.75, 3.05) is 11.9 Å². The molecule has 6 heteroatoms. The van der Waals surface area contributed by atoms with E-state index < -0.39 is 0 Å². The second-order valence-electron chi connectivity index (χ2n) is 4.59. The highest BCUT2D eigenvalue weighted by atomic mass is 16.1. The first-order valence-corrected chi connectivity index (χ1v) is 6.54. The zero-order valence-electron chi connectivity index (χ0n) is 10.7. The van der Waals surface area contributed by atoms with Crippen LogP contribution in [0.1, 0.15) is 37.8 Å². The minimum Gasteiger partial charge on any atom is -0.367 e. The molecule has 0 atom stereocenters. The number of aromatic nitrogens is 2. The average Bonchev–Trinajstić information content (AvgIpc) is 2.92. The van der Waals surface area contributed by atoms with Gasteiger partial charge < -0.3 is 10.6 Å². The molecule has 1 amide bonds. The highest BCUT2D eigenvalue weighted by Gasteiger charge is 2.16. The van der Waals surface area contributed by atoms with Gasteiger partial charge in [-0.1, -0.05) is 12.8 Å². The molecule has 0 aliphatic heterocycles. The van der Waals surface area contributed by atoms with Crippen molar-refractivity contribution < 1.29 is 4.79 Å². The fraction of sp³-hybridized carbons (Fsp3) is 0.538. The number of amides is 1. The lowest BCUT2D eigenvalue weighted by Crippen LogP contribution is -2.33. The predicted octanol–water partition coefficient (Wildman–Crippen LogP) is 1.21. The molecule has 0 unspecified atom stereocenters. The quantitative estimate of drug-likeness (QED) is 0.829. The van der Waals surface area contributed by atoms with Gasteiger partial charge in [0.05, 0.1) is 0 Å². The van der Waals surface area contributed by atoms with E-state index >= 15 is 0 Å². The molecule has 19 heavy (non-hydrogen) atoms. The van der Waals surface area contributed by atoms with Crippen molar-refractivity contribution in [2.24, 2.45) is 0 Å². The Labute approximate surface area is 112 Å². The molecule has 1 aliphatic rings. The molecule has 1 heterocycles. The van der Waals surface area contributed by atoms with Crippen LogP contribution in [0.3, 0.4) is 0 Å². The second-order valence-corrected chi connectivity index (χ2v) is 4.59. The number of carbonyl (C=O) groups is 1. The van der Waals surface area contributed by atoms with Gasteiger partial charge in [0.25, 0.3) is 0 Å². The van der Waals surface area contributed by atoms with Crippen LogP contribution >= 0.6 is 0 Å².